The first-order valence-corrected chi connectivity index (χ1v) is 6.53. The number of nitrogens with one attached hydrogen (secondary N) is 2. The molecule has 5 nitrogen and oxygen atoms in total. The topological polar surface area (TPSA) is 78.0 Å². The van der Waals surface area contributed by atoms with Gasteiger partial charge in [0.25, 0.3) is 0 Å². The van der Waals surface area contributed by atoms with Crippen molar-refractivity contribution < 1.29 is 9.90 Å². The van der Waals surface area contributed by atoms with E-state index in [2.05, 4.69) is 15.3 Å². The Bertz CT molecular complexity index is 536. The number of aliphatic carboxylic acids is 1. The molecular formula is C12H15N3O2S. The summed E-state index contributed by atoms with van der Waals surface area (Å²) in [6.45, 7) is 1.66. The second-order valence-electron chi connectivity index (χ2n) is 4.24. The maximum absolute atomic E-state index is 11.1. The first-order chi connectivity index (χ1) is 8.55. The van der Waals surface area contributed by atoms with Crippen molar-refractivity contribution >= 4 is 28.8 Å². The maximum Gasteiger partial charge on any atom is 0.324 e. The van der Waals surface area contributed by atoms with Crippen LogP contribution < -0.4 is 5.32 Å². The third-order valence-corrected chi connectivity index (χ3v) is 4.08. The van der Waals surface area contributed by atoms with Gasteiger partial charge in [0.2, 0.25) is 0 Å². The van der Waals surface area contributed by atoms with Crippen LogP contribution in [-0.4, -0.2) is 39.4 Å². The highest BCUT2D eigenvalue weighted by molar-refractivity contribution is 7.99. The van der Waals surface area contributed by atoms with Gasteiger partial charge < -0.3 is 15.4 Å². The molecule has 96 valence electrons. The average Bonchev–Trinajstić information content (AvgIpc) is 2.78. The lowest BCUT2D eigenvalue weighted by Crippen LogP contribution is -2.49. The molecule has 0 aliphatic rings. The highest BCUT2D eigenvalue weighted by Gasteiger charge is 2.31. The SMILES string of the molecule is CNC(C)(CSc1nc2ccccc2[nH]1)C(=O)O. The number of carboxylic acids is 1. The molecule has 0 aliphatic heterocycles. The lowest BCUT2D eigenvalue weighted by Gasteiger charge is -2.22. The number of hydrogen-bond donors (Lipinski definition) is 3. The molecule has 1 aromatic heterocycles. The summed E-state index contributed by atoms with van der Waals surface area (Å²) in [4.78, 5) is 18.7. The van der Waals surface area contributed by atoms with Crippen LogP contribution in [0, 0.1) is 0 Å². The predicted molar refractivity (Wildman–Crippen MR) is 71.9 cm³/mol. The Balaban J connectivity index is 2.12. The molecule has 1 heterocycles. The van der Waals surface area contributed by atoms with Gasteiger partial charge in [0.15, 0.2) is 5.16 Å². The number of rotatable bonds is 5. The lowest BCUT2D eigenvalue weighted by atomic mass is 10.1. The standard InChI is InChI=1S/C12H15N3O2S/c1-12(13-2,10(16)17)7-18-11-14-8-5-3-4-6-9(8)15-11/h3-6,13H,7H2,1-2H3,(H,14,15)(H,16,17). The van der Waals surface area contributed by atoms with Gasteiger partial charge in [-0.3, -0.25) is 4.79 Å². The number of aromatic nitrogens is 2. The first kappa shape index (κ1) is 12.9. The molecule has 1 unspecified atom stereocenters. The number of aromatic amines is 1. The molecule has 0 spiro atoms. The molecular weight excluding hydrogens is 250 g/mol. The summed E-state index contributed by atoms with van der Waals surface area (Å²) in [5.74, 6) is -0.466. The number of nitrogens with zero attached hydrogens (tertiary/aromatic N) is 1. The first-order valence-electron chi connectivity index (χ1n) is 5.55. The van der Waals surface area contributed by atoms with Crippen LogP contribution in [0.15, 0.2) is 29.4 Å². The van der Waals surface area contributed by atoms with Crippen molar-refractivity contribution in [1.29, 1.82) is 0 Å². The molecule has 0 amide bonds. The van der Waals surface area contributed by atoms with Crippen LogP contribution in [0.3, 0.4) is 0 Å². The molecule has 2 aromatic rings. The van der Waals surface area contributed by atoms with E-state index in [9.17, 15) is 4.79 Å². The Morgan fingerprint density at radius 3 is 2.89 bits per heavy atom. The quantitative estimate of drug-likeness (QED) is 0.717. The van der Waals surface area contributed by atoms with Gasteiger partial charge in [0, 0.05) is 5.75 Å². The summed E-state index contributed by atoms with van der Waals surface area (Å²) in [5.41, 5.74) is 0.895. The van der Waals surface area contributed by atoms with Gasteiger partial charge in [-0.15, -0.1) is 0 Å². The normalized spacial score (nSPS) is 14.6. The Morgan fingerprint density at radius 1 is 1.56 bits per heavy atom. The number of para-hydroxylation sites is 2. The highest BCUT2D eigenvalue weighted by atomic mass is 32.2. The zero-order valence-electron chi connectivity index (χ0n) is 10.2. The Hall–Kier alpha value is -1.53. The summed E-state index contributed by atoms with van der Waals surface area (Å²) in [6, 6.07) is 7.72. The van der Waals surface area contributed by atoms with Crippen molar-refractivity contribution in [3.05, 3.63) is 24.3 Å². The van der Waals surface area contributed by atoms with Crippen LogP contribution in [0.25, 0.3) is 11.0 Å². The van der Waals surface area contributed by atoms with E-state index >= 15 is 0 Å². The van der Waals surface area contributed by atoms with Crippen LogP contribution in [0.5, 0.6) is 0 Å². The van der Waals surface area contributed by atoms with E-state index in [-0.39, 0.29) is 0 Å². The fourth-order valence-electron chi connectivity index (χ4n) is 1.45. The molecule has 1 atom stereocenters. The van der Waals surface area contributed by atoms with Crippen LogP contribution in [0.1, 0.15) is 6.92 Å². The second-order valence-corrected chi connectivity index (χ2v) is 5.20. The molecule has 0 bridgehead atoms. The van der Waals surface area contributed by atoms with Crippen molar-refractivity contribution in [2.24, 2.45) is 0 Å². The Labute approximate surface area is 109 Å². The van der Waals surface area contributed by atoms with Crippen molar-refractivity contribution in [3.63, 3.8) is 0 Å². The van der Waals surface area contributed by atoms with Gasteiger partial charge in [-0.1, -0.05) is 23.9 Å². The number of fused-ring (bicyclic) bond motifs is 1. The molecule has 0 saturated carbocycles. The van der Waals surface area contributed by atoms with E-state index in [1.165, 1.54) is 11.8 Å². The molecule has 0 fully saturated rings. The molecule has 3 N–H and O–H groups in total. The van der Waals surface area contributed by atoms with E-state index < -0.39 is 11.5 Å². The second kappa shape index (κ2) is 4.99. The van der Waals surface area contributed by atoms with Crippen molar-refractivity contribution in [1.82, 2.24) is 15.3 Å². The van der Waals surface area contributed by atoms with E-state index in [1.807, 2.05) is 24.3 Å². The number of carbonyl (C=O) groups is 1. The van der Waals surface area contributed by atoms with Gasteiger partial charge in [0.05, 0.1) is 11.0 Å². The molecule has 6 heteroatoms. The Morgan fingerprint density at radius 2 is 2.28 bits per heavy atom. The highest BCUT2D eigenvalue weighted by Crippen LogP contribution is 2.22. The third kappa shape index (κ3) is 2.49. The van der Waals surface area contributed by atoms with Crippen molar-refractivity contribution in [2.45, 2.75) is 17.6 Å². The number of imidazole rings is 1. The van der Waals surface area contributed by atoms with Gasteiger partial charge in [-0.05, 0) is 26.1 Å². The van der Waals surface area contributed by atoms with Gasteiger partial charge in [-0.2, -0.15) is 0 Å². The summed E-state index contributed by atoms with van der Waals surface area (Å²) >= 11 is 1.40. The summed E-state index contributed by atoms with van der Waals surface area (Å²) < 4.78 is 0. The molecule has 0 saturated heterocycles. The number of hydrogen-bond acceptors (Lipinski definition) is 4. The fourth-order valence-corrected chi connectivity index (χ4v) is 2.49. The molecule has 1 aromatic carbocycles. The number of carboxylic acid groups (broad SMARTS) is 1. The predicted octanol–water partition coefficient (Wildman–Crippen LogP) is 1.72. The van der Waals surface area contributed by atoms with Gasteiger partial charge >= 0.3 is 5.97 Å². The monoisotopic (exact) mass is 265 g/mol. The van der Waals surface area contributed by atoms with E-state index in [1.54, 1.807) is 14.0 Å². The van der Waals surface area contributed by atoms with Crippen LogP contribution in [-0.2, 0) is 4.79 Å². The smallest absolute Gasteiger partial charge is 0.324 e. The minimum Gasteiger partial charge on any atom is -0.480 e. The zero-order valence-corrected chi connectivity index (χ0v) is 11.0. The Kier molecular flexibility index (Phi) is 3.58. The number of thioether (sulfide) groups is 1. The molecule has 0 radical (unpaired) electrons. The van der Waals surface area contributed by atoms with Crippen LogP contribution >= 0.6 is 11.8 Å². The maximum atomic E-state index is 11.1. The molecule has 0 aliphatic carbocycles. The number of likely N-dealkylation sites (N-methyl/N-ethyl adjacent to an activating group) is 1. The largest absolute Gasteiger partial charge is 0.480 e. The lowest BCUT2D eigenvalue weighted by molar-refractivity contribution is -0.142. The van der Waals surface area contributed by atoms with Gasteiger partial charge in [0.1, 0.15) is 5.54 Å². The van der Waals surface area contributed by atoms with E-state index in [0.29, 0.717) is 5.75 Å². The van der Waals surface area contributed by atoms with Crippen LogP contribution in [0.2, 0.25) is 0 Å². The molecule has 2 rings (SSSR count). The summed E-state index contributed by atoms with van der Waals surface area (Å²) in [6.07, 6.45) is 0. The van der Waals surface area contributed by atoms with E-state index in [0.717, 1.165) is 16.2 Å². The number of H-pyrrole nitrogens is 1. The van der Waals surface area contributed by atoms with E-state index in [4.69, 9.17) is 5.11 Å². The van der Waals surface area contributed by atoms with Crippen molar-refractivity contribution in [3.8, 4) is 0 Å². The fraction of sp³-hybridized carbons (Fsp3) is 0.333. The summed E-state index contributed by atoms with van der Waals surface area (Å²) in [7, 11) is 1.65. The number of benzene rings is 1. The van der Waals surface area contributed by atoms with Crippen molar-refractivity contribution in [2.75, 3.05) is 12.8 Å². The zero-order chi connectivity index (χ0) is 13.2. The average molecular weight is 265 g/mol. The van der Waals surface area contributed by atoms with Gasteiger partial charge in [-0.25, -0.2) is 4.98 Å². The third-order valence-electron chi connectivity index (χ3n) is 2.89. The molecule has 18 heavy (non-hydrogen) atoms. The minimum absolute atomic E-state index is 0.401. The van der Waals surface area contributed by atoms with Crippen LogP contribution in [0.4, 0.5) is 0 Å². The minimum atomic E-state index is -0.955. The summed E-state index contributed by atoms with van der Waals surface area (Å²) in [5, 5.41) is 12.7.